The molecule has 2 fully saturated rings. The largest absolute Gasteiger partial charge is 0.363 e. The molecule has 136 valence electrons. The summed E-state index contributed by atoms with van der Waals surface area (Å²) in [7, 11) is 0. The number of nitrogens with one attached hydrogen (secondary N) is 2. The third-order valence-electron chi connectivity index (χ3n) is 6.18. The highest BCUT2D eigenvalue weighted by molar-refractivity contribution is 7.80. The van der Waals surface area contributed by atoms with Gasteiger partial charge in [0.1, 0.15) is 0 Å². The molecule has 4 rings (SSSR count). The summed E-state index contributed by atoms with van der Waals surface area (Å²) in [6, 6.07) is 22.2. The van der Waals surface area contributed by atoms with E-state index in [-0.39, 0.29) is 0 Å². The normalized spacial score (nSPS) is 24.0. The van der Waals surface area contributed by atoms with Crippen LogP contribution in [0.2, 0.25) is 0 Å². The second-order valence-corrected chi connectivity index (χ2v) is 8.25. The third-order valence-corrected chi connectivity index (χ3v) is 6.44. The van der Waals surface area contributed by atoms with Crippen molar-refractivity contribution in [2.24, 2.45) is 11.8 Å². The van der Waals surface area contributed by atoms with Crippen molar-refractivity contribution in [3.05, 3.63) is 71.8 Å². The lowest BCUT2D eigenvalue weighted by molar-refractivity contribution is 0.389. The molecule has 2 bridgehead atoms. The van der Waals surface area contributed by atoms with Crippen LogP contribution in [0.3, 0.4) is 0 Å². The van der Waals surface area contributed by atoms with E-state index >= 15 is 0 Å². The molecule has 3 atom stereocenters. The average molecular weight is 365 g/mol. The molecule has 2 N–H and O–H groups in total. The quantitative estimate of drug-likeness (QED) is 0.716. The molecule has 0 aromatic heterocycles. The number of fused-ring (bicyclic) bond motifs is 2. The van der Waals surface area contributed by atoms with Gasteiger partial charge in [0.15, 0.2) is 5.11 Å². The zero-order chi connectivity index (χ0) is 17.8. The van der Waals surface area contributed by atoms with Crippen molar-refractivity contribution in [3.8, 4) is 0 Å². The Morgan fingerprint density at radius 1 is 0.923 bits per heavy atom. The highest BCUT2D eigenvalue weighted by Gasteiger charge is 2.39. The summed E-state index contributed by atoms with van der Waals surface area (Å²) in [5.74, 6) is 2.19. The van der Waals surface area contributed by atoms with Gasteiger partial charge in [0.05, 0.1) is 0 Å². The van der Waals surface area contributed by atoms with Gasteiger partial charge in [0, 0.05) is 18.5 Å². The summed E-state index contributed by atoms with van der Waals surface area (Å²) in [5.41, 5.74) is 2.74. The van der Waals surface area contributed by atoms with E-state index in [1.807, 2.05) is 0 Å². The van der Waals surface area contributed by atoms with E-state index in [4.69, 9.17) is 12.2 Å². The Bertz CT molecular complexity index is 676. The molecular weight excluding hydrogens is 336 g/mol. The Morgan fingerprint density at radius 3 is 2.12 bits per heavy atom. The Kier molecular flexibility index (Phi) is 5.54. The summed E-state index contributed by atoms with van der Waals surface area (Å²) >= 11 is 5.57. The summed E-state index contributed by atoms with van der Waals surface area (Å²) in [4.78, 5) is 0. The molecule has 2 aliphatic carbocycles. The van der Waals surface area contributed by atoms with E-state index in [1.54, 1.807) is 0 Å². The van der Waals surface area contributed by atoms with Crippen molar-refractivity contribution < 1.29 is 0 Å². The molecule has 0 unspecified atom stereocenters. The van der Waals surface area contributed by atoms with E-state index < -0.39 is 0 Å². The number of hydrogen-bond donors (Lipinski definition) is 2. The first kappa shape index (κ1) is 17.5. The molecule has 0 spiro atoms. The van der Waals surface area contributed by atoms with Crippen molar-refractivity contribution in [2.45, 2.75) is 44.1 Å². The highest BCUT2D eigenvalue weighted by atomic mass is 32.1. The van der Waals surface area contributed by atoms with Gasteiger partial charge >= 0.3 is 0 Å². The van der Waals surface area contributed by atoms with Gasteiger partial charge in [-0.05, 0) is 60.9 Å². The molecule has 0 heterocycles. The van der Waals surface area contributed by atoms with E-state index in [9.17, 15) is 0 Å². The number of hydrogen-bond acceptors (Lipinski definition) is 1. The van der Waals surface area contributed by atoms with Crippen LogP contribution in [0.15, 0.2) is 60.7 Å². The predicted octanol–water partition coefficient (Wildman–Crippen LogP) is 4.86. The van der Waals surface area contributed by atoms with Gasteiger partial charge in [-0.1, -0.05) is 67.1 Å². The van der Waals surface area contributed by atoms with Crippen molar-refractivity contribution in [1.29, 1.82) is 0 Å². The SMILES string of the molecule is S=C(NCCC(c1ccccc1)c1ccccc1)N[C@H]1C[C@@H]2CC[C@@H]1C2. The maximum Gasteiger partial charge on any atom is 0.166 e. The molecule has 2 saturated carbocycles. The third kappa shape index (κ3) is 4.09. The monoisotopic (exact) mass is 364 g/mol. The maximum absolute atomic E-state index is 5.57. The van der Waals surface area contributed by atoms with Crippen LogP contribution >= 0.6 is 12.2 Å². The lowest BCUT2D eigenvalue weighted by Gasteiger charge is -2.25. The van der Waals surface area contributed by atoms with Crippen LogP contribution in [0.5, 0.6) is 0 Å². The Balaban J connectivity index is 1.32. The minimum Gasteiger partial charge on any atom is -0.363 e. The Morgan fingerprint density at radius 2 is 1.58 bits per heavy atom. The van der Waals surface area contributed by atoms with Crippen LogP contribution in [0, 0.1) is 11.8 Å². The molecule has 0 amide bonds. The van der Waals surface area contributed by atoms with E-state index in [2.05, 4.69) is 71.3 Å². The smallest absolute Gasteiger partial charge is 0.166 e. The Labute approximate surface area is 162 Å². The van der Waals surface area contributed by atoms with Gasteiger partial charge in [-0.25, -0.2) is 0 Å². The summed E-state index contributed by atoms with van der Waals surface area (Å²) in [6.45, 7) is 0.890. The van der Waals surface area contributed by atoms with Crippen LogP contribution < -0.4 is 10.6 Å². The molecule has 2 aromatic rings. The minimum atomic E-state index is 0.398. The fraction of sp³-hybridized carbons (Fsp3) is 0.435. The van der Waals surface area contributed by atoms with Crippen LogP contribution in [-0.4, -0.2) is 17.7 Å². The first-order valence-electron chi connectivity index (χ1n) is 9.94. The molecule has 2 aliphatic rings. The number of benzene rings is 2. The molecule has 26 heavy (non-hydrogen) atoms. The van der Waals surface area contributed by atoms with Crippen molar-refractivity contribution in [1.82, 2.24) is 10.6 Å². The Hall–Kier alpha value is -1.87. The second kappa shape index (κ2) is 8.22. The first-order chi connectivity index (χ1) is 12.8. The van der Waals surface area contributed by atoms with Gasteiger partial charge < -0.3 is 10.6 Å². The van der Waals surface area contributed by atoms with Gasteiger partial charge in [0.2, 0.25) is 0 Å². The zero-order valence-electron chi connectivity index (χ0n) is 15.2. The summed E-state index contributed by atoms with van der Waals surface area (Å²) in [5, 5.41) is 7.88. The molecule has 0 aliphatic heterocycles. The lowest BCUT2D eigenvalue weighted by Crippen LogP contribution is -2.44. The molecule has 0 radical (unpaired) electrons. The van der Waals surface area contributed by atoms with Gasteiger partial charge in [-0.3, -0.25) is 0 Å². The average Bonchev–Trinajstić information content (AvgIpc) is 3.30. The molecule has 0 saturated heterocycles. The zero-order valence-corrected chi connectivity index (χ0v) is 16.1. The predicted molar refractivity (Wildman–Crippen MR) is 112 cm³/mol. The summed E-state index contributed by atoms with van der Waals surface area (Å²) in [6.07, 6.45) is 6.56. The number of thiocarbonyl (C=S) groups is 1. The van der Waals surface area contributed by atoms with Crippen LogP contribution in [0.25, 0.3) is 0 Å². The van der Waals surface area contributed by atoms with Crippen molar-refractivity contribution >= 4 is 17.3 Å². The molecule has 3 heteroatoms. The van der Waals surface area contributed by atoms with Crippen LogP contribution in [-0.2, 0) is 0 Å². The summed E-state index contributed by atoms with van der Waals surface area (Å²) < 4.78 is 0. The highest BCUT2D eigenvalue weighted by Crippen LogP contribution is 2.44. The van der Waals surface area contributed by atoms with E-state index in [0.29, 0.717) is 12.0 Å². The fourth-order valence-corrected chi connectivity index (χ4v) is 5.12. The van der Waals surface area contributed by atoms with Crippen molar-refractivity contribution in [3.63, 3.8) is 0 Å². The van der Waals surface area contributed by atoms with Crippen LogP contribution in [0.4, 0.5) is 0 Å². The minimum absolute atomic E-state index is 0.398. The van der Waals surface area contributed by atoms with Gasteiger partial charge in [-0.2, -0.15) is 0 Å². The van der Waals surface area contributed by atoms with Gasteiger partial charge in [-0.15, -0.1) is 0 Å². The molecule has 2 aromatic carbocycles. The first-order valence-corrected chi connectivity index (χ1v) is 10.3. The maximum atomic E-state index is 5.57. The van der Waals surface area contributed by atoms with Crippen LogP contribution in [0.1, 0.15) is 49.1 Å². The van der Waals surface area contributed by atoms with E-state index in [0.717, 1.165) is 29.9 Å². The number of rotatable bonds is 6. The van der Waals surface area contributed by atoms with Gasteiger partial charge in [0.25, 0.3) is 0 Å². The van der Waals surface area contributed by atoms with Crippen molar-refractivity contribution in [2.75, 3.05) is 6.54 Å². The topological polar surface area (TPSA) is 24.1 Å². The molecule has 2 nitrogen and oxygen atoms in total. The second-order valence-electron chi connectivity index (χ2n) is 7.84. The fourth-order valence-electron chi connectivity index (χ4n) is 4.87. The van der Waals surface area contributed by atoms with E-state index in [1.165, 1.54) is 36.8 Å². The lowest BCUT2D eigenvalue weighted by atomic mass is 9.88. The molecular formula is C23H28N2S. The standard InChI is InChI=1S/C23H28N2S/c26-23(25-22-16-17-11-12-20(22)15-17)24-14-13-21(18-7-3-1-4-8-18)19-9-5-2-6-10-19/h1-10,17,20-22H,11-16H2,(H2,24,25,26)/t17-,20-,22+/m1/s1.